The van der Waals surface area contributed by atoms with Gasteiger partial charge in [0.05, 0.1) is 16.3 Å². The van der Waals surface area contributed by atoms with Gasteiger partial charge in [0.1, 0.15) is 0 Å². The minimum Gasteiger partial charge on any atom is -0.473 e. The van der Waals surface area contributed by atoms with Gasteiger partial charge in [0.15, 0.2) is 0 Å². The molecule has 0 saturated carbocycles. The van der Waals surface area contributed by atoms with Crippen molar-refractivity contribution < 1.29 is 19.8 Å². The van der Waals surface area contributed by atoms with Crippen molar-refractivity contribution in [2.24, 2.45) is 0 Å². The maximum atomic E-state index is 9.10. The van der Waals surface area contributed by atoms with E-state index in [0.717, 1.165) is 6.54 Å². The molecule has 7 nitrogen and oxygen atoms in total. The molecule has 1 fully saturated rings. The van der Waals surface area contributed by atoms with Gasteiger partial charge in [0.2, 0.25) is 0 Å². The minimum atomic E-state index is -1.82. The summed E-state index contributed by atoms with van der Waals surface area (Å²) in [6, 6.07) is 10.9. The summed E-state index contributed by atoms with van der Waals surface area (Å²) in [5.74, 6) is -3.65. The lowest BCUT2D eigenvalue weighted by atomic mass is 10.2. The zero-order valence-electron chi connectivity index (χ0n) is 15.5. The van der Waals surface area contributed by atoms with Crippen LogP contribution in [-0.2, 0) is 9.59 Å². The van der Waals surface area contributed by atoms with Crippen LogP contribution in [0, 0.1) is 0 Å². The lowest BCUT2D eigenvalue weighted by Gasteiger charge is -2.32. The molecule has 1 saturated heterocycles. The van der Waals surface area contributed by atoms with Gasteiger partial charge in [-0.1, -0.05) is 23.9 Å². The van der Waals surface area contributed by atoms with Crippen molar-refractivity contribution in [1.82, 2.24) is 9.88 Å². The van der Waals surface area contributed by atoms with E-state index >= 15 is 0 Å². The Labute approximate surface area is 168 Å². The number of benzene rings is 1. The molecule has 1 aromatic carbocycles. The Bertz CT molecular complexity index is 782. The van der Waals surface area contributed by atoms with Gasteiger partial charge < -0.3 is 20.0 Å². The Kier molecular flexibility index (Phi) is 6.89. The molecule has 0 amide bonds. The summed E-state index contributed by atoms with van der Waals surface area (Å²) >= 11 is 1.83. The maximum absolute atomic E-state index is 9.10. The summed E-state index contributed by atoms with van der Waals surface area (Å²) in [6.45, 7) is 4.86. The Morgan fingerprint density at radius 3 is 2.36 bits per heavy atom. The molecule has 8 heteroatoms. The average molecular weight is 401 g/mol. The molecule has 2 N–H and O–H groups in total. The fourth-order valence-electron chi connectivity index (χ4n) is 3.39. The van der Waals surface area contributed by atoms with Crippen molar-refractivity contribution in [3.63, 3.8) is 0 Å². The summed E-state index contributed by atoms with van der Waals surface area (Å²) in [7, 11) is 0. The Hall–Kier alpha value is -2.58. The molecule has 4 rings (SSSR count). The van der Waals surface area contributed by atoms with Crippen molar-refractivity contribution in [2.75, 3.05) is 31.1 Å². The molecule has 28 heavy (non-hydrogen) atoms. The summed E-state index contributed by atoms with van der Waals surface area (Å²) < 4.78 is 0. The molecule has 0 aliphatic carbocycles. The lowest BCUT2D eigenvalue weighted by Crippen LogP contribution is -2.27. The molecule has 0 unspecified atom stereocenters. The second kappa shape index (κ2) is 9.57. The second-order valence-electron chi connectivity index (χ2n) is 6.58. The average Bonchev–Trinajstić information content (AvgIpc) is 3.21. The number of hydrogen-bond acceptors (Lipinski definition) is 6. The van der Waals surface area contributed by atoms with Crippen LogP contribution in [0.3, 0.4) is 0 Å². The fourth-order valence-corrected chi connectivity index (χ4v) is 4.45. The van der Waals surface area contributed by atoms with E-state index in [0.29, 0.717) is 0 Å². The van der Waals surface area contributed by atoms with Crippen LogP contribution in [0.5, 0.6) is 0 Å². The third kappa shape index (κ3) is 5.02. The van der Waals surface area contributed by atoms with Crippen LogP contribution in [0.1, 0.15) is 19.3 Å². The van der Waals surface area contributed by atoms with Crippen molar-refractivity contribution in [1.29, 1.82) is 0 Å². The summed E-state index contributed by atoms with van der Waals surface area (Å²) in [5, 5.41) is 14.8. The van der Waals surface area contributed by atoms with Gasteiger partial charge in [-0.25, -0.2) is 9.59 Å². The topological polar surface area (TPSA) is 94.0 Å². The van der Waals surface area contributed by atoms with Crippen LogP contribution in [0.4, 0.5) is 11.4 Å². The van der Waals surface area contributed by atoms with Gasteiger partial charge in [0, 0.05) is 23.8 Å². The Balaban J connectivity index is 0.000000330. The molecule has 2 aliphatic rings. The molecule has 1 aromatic heterocycles. The van der Waals surface area contributed by atoms with E-state index in [-0.39, 0.29) is 0 Å². The molecule has 0 bridgehead atoms. The van der Waals surface area contributed by atoms with E-state index in [1.807, 2.05) is 24.2 Å². The fraction of sp³-hybridized carbons (Fsp3) is 0.350. The van der Waals surface area contributed by atoms with Gasteiger partial charge in [-0.05, 0) is 57.1 Å². The van der Waals surface area contributed by atoms with Crippen LogP contribution in [0.25, 0.3) is 0 Å². The maximum Gasteiger partial charge on any atom is 0.414 e. The van der Waals surface area contributed by atoms with Gasteiger partial charge >= 0.3 is 11.9 Å². The number of para-hydroxylation sites is 1. The smallest absolute Gasteiger partial charge is 0.414 e. The van der Waals surface area contributed by atoms with Crippen molar-refractivity contribution in [3.8, 4) is 0 Å². The highest BCUT2D eigenvalue weighted by atomic mass is 32.2. The number of aromatic nitrogens is 1. The van der Waals surface area contributed by atoms with Gasteiger partial charge in [-0.15, -0.1) is 0 Å². The summed E-state index contributed by atoms with van der Waals surface area (Å²) in [6.07, 6.45) is 7.85. The normalized spacial score (nSPS) is 15.2. The molecule has 0 radical (unpaired) electrons. The number of carbonyl (C=O) groups is 2. The van der Waals surface area contributed by atoms with E-state index < -0.39 is 11.9 Å². The van der Waals surface area contributed by atoms with Gasteiger partial charge in [0.25, 0.3) is 0 Å². The Morgan fingerprint density at radius 1 is 0.964 bits per heavy atom. The third-order valence-corrected chi connectivity index (χ3v) is 5.77. The zero-order valence-corrected chi connectivity index (χ0v) is 16.3. The summed E-state index contributed by atoms with van der Waals surface area (Å²) in [4.78, 5) is 30.2. The number of aliphatic carboxylic acids is 2. The van der Waals surface area contributed by atoms with E-state index in [2.05, 4.69) is 45.1 Å². The van der Waals surface area contributed by atoms with Crippen molar-refractivity contribution in [2.45, 2.75) is 29.1 Å². The zero-order chi connectivity index (χ0) is 19.9. The Morgan fingerprint density at radius 2 is 1.64 bits per heavy atom. The minimum absolute atomic E-state index is 1.07. The predicted molar refractivity (Wildman–Crippen MR) is 107 cm³/mol. The molecule has 148 valence electrons. The molecule has 2 aromatic rings. The lowest BCUT2D eigenvalue weighted by molar-refractivity contribution is -0.159. The molecular formula is C20H23N3O4S. The number of rotatable bonds is 4. The van der Waals surface area contributed by atoms with E-state index in [1.54, 1.807) is 0 Å². The van der Waals surface area contributed by atoms with Crippen molar-refractivity contribution in [3.05, 3.63) is 42.7 Å². The number of pyridine rings is 1. The van der Waals surface area contributed by atoms with Crippen LogP contribution in [0.2, 0.25) is 0 Å². The second-order valence-corrected chi connectivity index (χ2v) is 7.66. The number of fused-ring (bicyclic) bond motifs is 2. The molecule has 0 spiro atoms. The van der Waals surface area contributed by atoms with E-state index in [4.69, 9.17) is 19.8 Å². The summed E-state index contributed by atoms with van der Waals surface area (Å²) in [5.41, 5.74) is 2.65. The highest BCUT2D eigenvalue weighted by Gasteiger charge is 2.23. The van der Waals surface area contributed by atoms with Crippen LogP contribution >= 0.6 is 11.8 Å². The van der Waals surface area contributed by atoms with Crippen LogP contribution in [-0.4, -0.2) is 58.2 Å². The van der Waals surface area contributed by atoms with Crippen molar-refractivity contribution >= 4 is 35.1 Å². The standard InChI is InChI=1S/C18H21N3S.C2H2O4/c1-2-7-17-15(6-1)21(13-5-12-20-10-3-4-11-20)16-8-9-19-14-18(16)22-17;3-1(4)2(5)6/h1-2,6-9,14H,3-5,10-13H2;(H,3,4)(H,5,6). The number of carboxylic acid groups (broad SMARTS) is 2. The quantitative estimate of drug-likeness (QED) is 0.754. The van der Waals surface area contributed by atoms with Crippen LogP contribution in [0.15, 0.2) is 52.5 Å². The first kappa shape index (κ1) is 20.2. The molecule has 2 aliphatic heterocycles. The number of nitrogens with zero attached hydrogens (tertiary/aromatic N) is 3. The van der Waals surface area contributed by atoms with Gasteiger partial charge in [-0.3, -0.25) is 4.98 Å². The number of hydrogen-bond donors (Lipinski definition) is 2. The predicted octanol–water partition coefficient (Wildman–Crippen LogP) is 3.33. The molecule has 3 heterocycles. The highest BCUT2D eigenvalue weighted by molar-refractivity contribution is 7.99. The molecule has 0 atom stereocenters. The van der Waals surface area contributed by atoms with Crippen LogP contribution < -0.4 is 4.90 Å². The first-order valence-corrected chi connectivity index (χ1v) is 10.0. The highest BCUT2D eigenvalue weighted by Crippen LogP contribution is 2.47. The van der Waals surface area contributed by atoms with E-state index in [9.17, 15) is 0 Å². The SMILES string of the molecule is O=C(O)C(=O)O.c1ccc2c(c1)Sc1cnccc1N2CCCN1CCCC1. The largest absolute Gasteiger partial charge is 0.473 e. The number of anilines is 2. The van der Waals surface area contributed by atoms with Gasteiger partial charge in [-0.2, -0.15) is 0 Å². The third-order valence-electron chi connectivity index (χ3n) is 4.67. The van der Waals surface area contributed by atoms with E-state index in [1.165, 1.54) is 60.1 Å². The first-order chi connectivity index (χ1) is 13.6. The number of likely N-dealkylation sites (tertiary alicyclic amines) is 1. The number of carboxylic acids is 2. The monoisotopic (exact) mass is 401 g/mol. The molecular weight excluding hydrogens is 378 g/mol. The first-order valence-electron chi connectivity index (χ1n) is 9.23.